The molecule has 2 aromatic carbocycles. The Labute approximate surface area is 162 Å². The van der Waals surface area contributed by atoms with Crippen LogP contribution < -0.4 is 5.43 Å². The number of phenols is 1. The van der Waals surface area contributed by atoms with Gasteiger partial charge in [-0.2, -0.15) is 5.10 Å². The largest absolute Gasteiger partial charge is 0.506 e. The van der Waals surface area contributed by atoms with E-state index in [4.69, 9.17) is 0 Å². The molecule has 3 rings (SSSR count). The number of carbonyl (C=O) groups excluding carboxylic acids is 1. The third-order valence-corrected chi connectivity index (χ3v) is 3.91. The van der Waals surface area contributed by atoms with Gasteiger partial charge in [0.25, 0.3) is 5.91 Å². The monoisotopic (exact) mass is 370 g/mol. The number of nitrogens with one attached hydrogen (secondary N) is 1. The molecular weight excluding hydrogens is 352 g/mol. The van der Waals surface area contributed by atoms with E-state index in [1.54, 1.807) is 18.2 Å². The zero-order chi connectivity index (χ0) is 19.9. The van der Waals surface area contributed by atoms with Crippen LogP contribution in [0.15, 0.2) is 96.2 Å². The highest BCUT2D eigenvalue weighted by Crippen LogP contribution is 2.23. The lowest BCUT2D eigenvalue weighted by Crippen LogP contribution is -2.27. The Bertz CT molecular complexity index is 1100. The summed E-state index contributed by atoms with van der Waals surface area (Å²) in [5.74, 6) is -0.449. The number of carbonyl (C=O) groups is 1. The molecule has 3 aromatic rings. The number of phenolic OH excluding ortho intramolecular Hbond substituents is 1. The number of amides is 1. The van der Waals surface area contributed by atoms with Crippen molar-refractivity contribution in [2.45, 2.75) is 0 Å². The third-order valence-electron chi connectivity index (χ3n) is 3.91. The molecule has 0 spiro atoms. The maximum absolute atomic E-state index is 12.3. The molecule has 6 heteroatoms. The number of aromatic nitrogens is 1. The first-order valence-electron chi connectivity index (χ1n) is 8.47. The first-order valence-corrected chi connectivity index (χ1v) is 8.47. The van der Waals surface area contributed by atoms with Gasteiger partial charge in [0, 0.05) is 17.1 Å². The van der Waals surface area contributed by atoms with E-state index in [2.05, 4.69) is 33.7 Å². The third kappa shape index (κ3) is 4.02. The molecule has 0 aliphatic heterocycles. The van der Waals surface area contributed by atoms with Gasteiger partial charge in [-0.25, -0.2) is 10.4 Å². The Morgan fingerprint density at radius 1 is 1.04 bits per heavy atom. The van der Waals surface area contributed by atoms with Crippen molar-refractivity contribution in [1.82, 2.24) is 10.4 Å². The van der Waals surface area contributed by atoms with Gasteiger partial charge in [0.1, 0.15) is 22.7 Å². The minimum atomic E-state index is -0.521. The summed E-state index contributed by atoms with van der Waals surface area (Å²) >= 11 is 0. The number of rotatable bonds is 6. The number of para-hydroxylation sites is 1. The van der Waals surface area contributed by atoms with Crippen molar-refractivity contribution >= 4 is 28.2 Å². The van der Waals surface area contributed by atoms with E-state index in [1.807, 2.05) is 42.5 Å². The number of hydrogen-bond acceptors (Lipinski definition) is 5. The lowest BCUT2D eigenvalue weighted by molar-refractivity contribution is -0.114. The molecule has 0 aliphatic carbocycles. The van der Waals surface area contributed by atoms with Crippen LogP contribution in [0, 0.1) is 0 Å². The number of fused-ring (bicyclic) bond motifs is 1. The van der Waals surface area contributed by atoms with Gasteiger partial charge >= 0.3 is 0 Å². The second-order valence-corrected chi connectivity index (χ2v) is 5.71. The molecule has 6 nitrogen and oxygen atoms in total. The summed E-state index contributed by atoms with van der Waals surface area (Å²) < 4.78 is 0. The Morgan fingerprint density at radius 3 is 2.54 bits per heavy atom. The van der Waals surface area contributed by atoms with E-state index in [0.717, 1.165) is 10.9 Å². The highest BCUT2D eigenvalue weighted by molar-refractivity contribution is 6.43. The van der Waals surface area contributed by atoms with Gasteiger partial charge in [-0.05, 0) is 18.2 Å². The summed E-state index contributed by atoms with van der Waals surface area (Å²) in [7, 11) is 0. The molecule has 28 heavy (non-hydrogen) atoms. The molecule has 0 bridgehead atoms. The predicted molar refractivity (Wildman–Crippen MR) is 111 cm³/mol. The lowest BCUT2D eigenvalue weighted by Gasteiger charge is -2.09. The van der Waals surface area contributed by atoms with Crippen LogP contribution in [-0.2, 0) is 4.79 Å². The van der Waals surface area contributed by atoms with Crippen molar-refractivity contribution in [3.05, 3.63) is 97.4 Å². The van der Waals surface area contributed by atoms with Gasteiger partial charge in [0.15, 0.2) is 0 Å². The molecule has 0 atom stereocenters. The number of aliphatic imine (C=N–C) groups is 1. The van der Waals surface area contributed by atoms with E-state index in [0.29, 0.717) is 16.9 Å². The topological polar surface area (TPSA) is 86.9 Å². The SMILES string of the molecule is C=CN=C(C=C)C(=O)N/N=C(\c1ccccc1)c1ccc2cccc(O)c2n1. The van der Waals surface area contributed by atoms with Crippen molar-refractivity contribution in [3.8, 4) is 5.75 Å². The summed E-state index contributed by atoms with van der Waals surface area (Å²) in [6.45, 7) is 7.03. The van der Waals surface area contributed by atoms with E-state index in [9.17, 15) is 9.90 Å². The molecule has 2 N–H and O–H groups in total. The smallest absolute Gasteiger partial charge is 0.289 e. The van der Waals surface area contributed by atoms with Crippen LogP contribution in [0.3, 0.4) is 0 Å². The number of benzene rings is 2. The van der Waals surface area contributed by atoms with Crippen LogP contribution in [0.25, 0.3) is 10.9 Å². The fourth-order valence-corrected chi connectivity index (χ4v) is 2.60. The Kier molecular flexibility index (Phi) is 5.72. The van der Waals surface area contributed by atoms with Crippen molar-refractivity contribution in [2.75, 3.05) is 0 Å². The Balaban J connectivity index is 2.07. The van der Waals surface area contributed by atoms with Crippen LogP contribution in [0.5, 0.6) is 5.75 Å². The molecule has 0 unspecified atom stereocenters. The van der Waals surface area contributed by atoms with Crippen LogP contribution in [0.1, 0.15) is 11.3 Å². The number of hydrazone groups is 1. The lowest BCUT2D eigenvalue weighted by atomic mass is 10.1. The summed E-state index contributed by atoms with van der Waals surface area (Å²) in [5, 5.41) is 15.2. The molecular formula is C22H18N4O2. The van der Waals surface area contributed by atoms with Gasteiger partial charge in [-0.15, -0.1) is 0 Å². The fourth-order valence-electron chi connectivity index (χ4n) is 2.60. The van der Waals surface area contributed by atoms with Crippen LogP contribution >= 0.6 is 0 Å². The highest BCUT2D eigenvalue weighted by atomic mass is 16.3. The Hall–Kier alpha value is -4.06. The van der Waals surface area contributed by atoms with Crippen molar-refractivity contribution in [1.29, 1.82) is 0 Å². The van der Waals surface area contributed by atoms with Crippen LogP contribution in [-0.4, -0.2) is 27.4 Å². The standard InChI is InChI=1S/C22H18N4O2/c1-3-17(23-4-2)22(28)26-25-20(15-9-6-5-7-10-15)18-14-13-16-11-8-12-19(27)21(16)24-18/h3-14,27H,1-2H2,(H,26,28)/b23-17?,25-20+. The normalized spacial score (nSPS) is 11.9. The second-order valence-electron chi connectivity index (χ2n) is 5.71. The molecule has 1 heterocycles. The van der Waals surface area contributed by atoms with E-state index < -0.39 is 5.91 Å². The average Bonchev–Trinajstić information content (AvgIpc) is 2.73. The second kappa shape index (κ2) is 8.55. The van der Waals surface area contributed by atoms with Gasteiger partial charge in [0.05, 0.1) is 5.69 Å². The van der Waals surface area contributed by atoms with Gasteiger partial charge in [0.2, 0.25) is 0 Å². The number of nitrogens with zero attached hydrogens (tertiary/aromatic N) is 3. The maximum Gasteiger partial charge on any atom is 0.289 e. The summed E-state index contributed by atoms with van der Waals surface area (Å²) in [6.07, 6.45) is 2.58. The van der Waals surface area contributed by atoms with Crippen LogP contribution in [0.2, 0.25) is 0 Å². The molecule has 0 saturated carbocycles. The molecule has 1 amide bonds. The minimum absolute atomic E-state index is 0.0721. The average molecular weight is 370 g/mol. The summed E-state index contributed by atoms with van der Waals surface area (Å²) in [4.78, 5) is 20.7. The van der Waals surface area contributed by atoms with Gasteiger partial charge < -0.3 is 5.11 Å². The quantitative estimate of drug-likeness (QED) is 0.514. The summed E-state index contributed by atoms with van der Waals surface area (Å²) in [5.41, 5.74) is 4.72. The van der Waals surface area contributed by atoms with Gasteiger partial charge in [-0.1, -0.05) is 61.7 Å². The van der Waals surface area contributed by atoms with Crippen molar-refractivity contribution in [2.24, 2.45) is 10.1 Å². The van der Waals surface area contributed by atoms with Crippen molar-refractivity contribution < 1.29 is 9.90 Å². The van der Waals surface area contributed by atoms with E-state index in [1.165, 1.54) is 12.3 Å². The highest BCUT2D eigenvalue weighted by Gasteiger charge is 2.13. The number of pyridine rings is 1. The van der Waals surface area contributed by atoms with Gasteiger partial charge in [-0.3, -0.25) is 9.79 Å². The minimum Gasteiger partial charge on any atom is -0.506 e. The maximum atomic E-state index is 12.3. The molecule has 0 saturated heterocycles. The number of aromatic hydroxyl groups is 1. The Morgan fingerprint density at radius 2 is 1.82 bits per heavy atom. The first-order chi connectivity index (χ1) is 13.6. The number of hydrogen-bond donors (Lipinski definition) is 2. The van der Waals surface area contributed by atoms with E-state index >= 15 is 0 Å². The van der Waals surface area contributed by atoms with E-state index in [-0.39, 0.29) is 11.5 Å². The fraction of sp³-hybridized carbons (Fsp3) is 0. The molecule has 0 fully saturated rings. The zero-order valence-electron chi connectivity index (χ0n) is 15.0. The molecule has 0 radical (unpaired) electrons. The summed E-state index contributed by atoms with van der Waals surface area (Å²) in [6, 6.07) is 18.1. The molecule has 0 aliphatic rings. The van der Waals surface area contributed by atoms with Crippen LogP contribution in [0.4, 0.5) is 0 Å². The first kappa shape index (κ1) is 18.7. The zero-order valence-corrected chi connectivity index (χ0v) is 15.0. The van der Waals surface area contributed by atoms with Crippen molar-refractivity contribution in [3.63, 3.8) is 0 Å². The predicted octanol–water partition coefficient (Wildman–Crippen LogP) is 3.58. The molecule has 138 valence electrons. The molecule has 1 aromatic heterocycles.